The van der Waals surface area contributed by atoms with E-state index >= 15 is 8.78 Å². The zero-order valence-electron chi connectivity index (χ0n) is 22.2. The van der Waals surface area contributed by atoms with Gasteiger partial charge in [-0.15, -0.1) is 5.10 Å². The molecule has 40 heavy (non-hydrogen) atoms. The number of aliphatic carboxylic acids is 1. The van der Waals surface area contributed by atoms with E-state index in [2.05, 4.69) is 15.3 Å². The van der Waals surface area contributed by atoms with Gasteiger partial charge in [0.05, 0.1) is 6.42 Å². The molecule has 1 N–H and O–H groups in total. The molecule has 9 rings (SSSR count). The minimum absolute atomic E-state index is 0.160. The molecule has 4 aromatic rings. The standard InChI is InChI=1S/C30H29F2N5O3/c1-17-23-15-33-29-28(17)34-35-37(29)9-4-2-3-5-18-11-24(31)27(25(32)12-18)30(40)36-10-8-19-6-7-20(13-21(19)16-36)22(23)14-26(38)39/h6-7,11-13,15,22H,2-5,8-10,14,16H2,1H3,(H,38,39)/t22-/m1/s1. The number of aryl methyl sites for hydroxylation is 3. The zero-order chi connectivity index (χ0) is 28.0. The minimum Gasteiger partial charge on any atom is -0.481 e. The maximum Gasteiger partial charge on any atom is 0.304 e. The highest BCUT2D eigenvalue weighted by atomic mass is 19.1. The summed E-state index contributed by atoms with van der Waals surface area (Å²) in [6, 6.07) is 8.30. The number of rotatable bonds is 2. The van der Waals surface area contributed by atoms with E-state index in [0.29, 0.717) is 42.7 Å². The lowest BCUT2D eigenvalue weighted by Gasteiger charge is -2.30. The number of carbonyl (C=O) groups is 2. The van der Waals surface area contributed by atoms with E-state index in [9.17, 15) is 14.7 Å². The molecule has 0 fully saturated rings. The monoisotopic (exact) mass is 545 g/mol. The number of carbonyl (C=O) groups excluding carboxylic acids is 1. The molecule has 206 valence electrons. The number of halogens is 2. The number of amides is 1. The fourth-order valence-corrected chi connectivity index (χ4v) is 5.99. The van der Waals surface area contributed by atoms with Gasteiger partial charge in [-0.3, -0.25) is 9.59 Å². The first-order valence-corrected chi connectivity index (χ1v) is 13.6. The fraction of sp³-hybridized carbons (Fsp3) is 0.367. The molecule has 5 aliphatic rings. The van der Waals surface area contributed by atoms with Crippen LogP contribution in [0.4, 0.5) is 8.78 Å². The lowest BCUT2D eigenvalue weighted by Crippen LogP contribution is -2.37. The molecule has 5 aliphatic heterocycles. The summed E-state index contributed by atoms with van der Waals surface area (Å²) in [6.07, 6.45) is 4.87. The summed E-state index contributed by atoms with van der Waals surface area (Å²) < 4.78 is 31.9. The van der Waals surface area contributed by atoms with Crippen molar-refractivity contribution in [2.75, 3.05) is 6.54 Å². The predicted molar refractivity (Wildman–Crippen MR) is 143 cm³/mol. The molecule has 10 heteroatoms. The highest BCUT2D eigenvalue weighted by Gasteiger charge is 2.29. The highest BCUT2D eigenvalue weighted by Crippen LogP contribution is 2.35. The summed E-state index contributed by atoms with van der Waals surface area (Å²) in [7, 11) is 0. The molecule has 0 saturated carbocycles. The maximum atomic E-state index is 15.1. The van der Waals surface area contributed by atoms with E-state index in [-0.39, 0.29) is 13.0 Å². The Morgan fingerprint density at radius 2 is 1.85 bits per heavy atom. The lowest BCUT2D eigenvalue weighted by atomic mass is 9.84. The van der Waals surface area contributed by atoms with Crippen LogP contribution in [0.2, 0.25) is 0 Å². The number of carboxylic acids is 1. The van der Waals surface area contributed by atoms with Gasteiger partial charge < -0.3 is 10.0 Å². The molecule has 0 aliphatic carbocycles. The smallest absolute Gasteiger partial charge is 0.304 e. The van der Waals surface area contributed by atoms with Crippen molar-refractivity contribution in [2.24, 2.45) is 0 Å². The van der Waals surface area contributed by atoms with Crippen LogP contribution < -0.4 is 0 Å². The van der Waals surface area contributed by atoms with Gasteiger partial charge in [0.2, 0.25) is 0 Å². The van der Waals surface area contributed by atoms with E-state index in [1.807, 2.05) is 25.1 Å². The van der Waals surface area contributed by atoms with Crippen molar-refractivity contribution in [3.05, 3.63) is 87.1 Å². The number of nitrogens with zero attached hydrogens (tertiary/aromatic N) is 5. The quantitative estimate of drug-likeness (QED) is 0.383. The van der Waals surface area contributed by atoms with Crippen molar-refractivity contribution in [1.29, 1.82) is 0 Å². The minimum atomic E-state index is -0.956. The second kappa shape index (κ2) is 10.4. The largest absolute Gasteiger partial charge is 0.481 e. The Balaban J connectivity index is 1.46. The third-order valence-corrected chi connectivity index (χ3v) is 8.16. The molecule has 1 atom stereocenters. The summed E-state index contributed by atoms with van der Waals surface area (Å²) in [5, 5.41) is 18.5. The van der Waals surface area contributed by atoms with Gasteiger partial charge in [-0.1, -0.05) is 29.8 Å². The Morgan fingerprint density at radius 1 is 1.05 bits per heavy atom. The van der Waals surface area contributed by atoms with Gasteiger partial charge in [0.15, 0.2) is 5.65 Å². The molecule has 1 amide bonds. The molecule has 7 heterocycles. The van der Waals surface area contributed by atoms with Gasteiger partial charge in [0.25, 0.3) is 5.91 Å². The van der Waals surface area contributed by atoms with Crippen LogP contribution >= 0.6 is 0 Å². The molecule has 2 aromatic heterocycles. The van der Waals surface area contributed by atoms with Crippen LogP contribution in [0.1, 0.15) is 75.3 Å². The Labute approximate surface area is 229 Å². The van der Waals surface area contributed by atoms with Crippen molar-refractivity contribution >= 4 is 23.0 Å². The molecule has 9 bridgehead atoms. The summed E-state index contributed by atoms with van der Waals surface area (Å²) in [5.74, 6) is -3.84. The number of pyridine rings is 1. The Morgan fingerprint density at radius 3 is 2.62 bits per heavy atom. The lowest BCUT2D eigenvalue weighted by molar-refractivity contribution is -0.137. The first kappa shape index (κ1) is 26.0. The van der Waals surface area contributed by atoms with Crippen LogP contribution in [-0.4, -0.2) is 48.4 Å². The second-order valence-corrected chi connectivity index (χ2v) is 10.7. The number of hydrogen-bond donors (Lipinski definition) is 1. The average Bonchev–Trinajstić information content (AvgIpc) is 3.34. The molecular formula is C30H29F2N5O3. The highest BCUT2D eigenvalue weighted by molar-refractivity contribution is 5.95. The molecule has 2 aromatic carbocycles. The maximum absolute atomic E-state index is 15.1. The summed E-state index contributed by atoms with van der Waals surface area (Å²) in [6.45, 7) is 3.00. The van der Waals surface area contributed by atoms with Crippen molar-refractivity contribution in [3.63, 3.8) is 0 Å². The topological polar surface area (TPSA) is 101 Å². The number of aromatic nitrogens is 4. The third-order valence-electron chi connectivity index (χ3n) is 8.16. The first-order chi connectivity index (χ1) is 19.3. The van der Waals surface area contributed by atoms with Crippen molar-refractivity contribution in [1.82, 2.24) is 24.9 Å². The van der Waals surface area contributed by atoms with Crippen LogP contribution in [0.3, 0.4) is 0 Å². The van der Waals surface area contributed by atoms with Gasteiger partial charge in [-0.25, -0.2) is 18.4 Å². The molecule has 0 radical (unpaired) electrons. The Bertz CT molecular complexity index is 1630. The molecule has 0 spiro atoms. The Hall–Kier alpha value is -4.21. The van der Waals surface area contributed by atoms with Crippen LogP contribution in [0.15, 0.2) is 36.5 Å². The first-order valence-electron chi connectivity index (χ1n) is 13.6. The van der Waals surface area contributed by atoms with Crippen molar-refractivity contribution < 1.29 is 23.5 Å². The molecule has 0 saturated heterocycles. The van der Waals surface area contributed by atoms with Gasteiger partial charge in [-0.05, 0) is 78.1 Å². The molecule has 0 unspecified atom stereocenters. The van der Waals surface area contributed by atoms with E-state index in [0.717, 1.165) is 47.1 Å². The number of carboxylic acid groups (broad SMARTS) is 1. The predicted octanol–water partition coefficient (Wildman–Crippen LogP) is 4.94. The zero-order valence-corrected chi connectivity index (χ0v) is 22.2. The van der Waals surface area contributed by atoms with Crippen molar-refractivity contribution in [3.8, 4) is 0 Å². The average molecular weight is 546 g/mol. The van der Waals surface area contributed by atoms with Crippen LogP contribution in [0, 0.1) is 18.6 Å². The van der Waals surface area contributed by atoms with E-state index in [1.54, 1.807) is 10.9 Å². The number of benzene rings is 2. The van der Waals surface area contributed by atoms with Gasteiger partial charge in [0, 0.05) is 31.7 Å². The number of hydrogen-bond acceptors (Lipinski definition) is 5. The second-order valence-electron chi connectivity index (χ2n) is 10.7. The molecule has 8 nitrogen and oxygen atoms in total. The van der Waals surface area contributed by atoms with Gasteiger partial charge >= 0.3 is 5.97 Å². The normalized spacial score (nSPS) is 17.6. The van der Waals surface area contributed by atoms with Crippen molar-refractivity contribution in [2.45, 2.75) is 64.5 Å². The summed E-state index contributed by atoms with van der Waals surface area (Å²) >= 11 is 0. The third kappa shape index (κ3) is 4.71. The van der Waals surface area contributed by atoms with E-state index in [4.69, 9.17) is 0 Å². The Kier molecular flexibility index (Phi) is 6.77. The van der Waals surface area contributed by atoms with Gasteiger partial charge in [0.1, 0.15) is 22.7 Å². The van der Waals surface area contributed by atoms with E-state index in [1.165, 1.54) is 17.0 Å². The van der Waals surface area contributed by atoms with Crippen LogP contribution in [0.25, 0.3) is 11.2 Å². The SMILES string of the molecule is Cc1c2cnc3c1nnn3CCCCCc1cc(F)c(c(F)c1)C(=O)N1CCc3ccc(cc3C1)[C@H]2CC(=O)O. The summed E-state index contributed by atoms with van der Waals surface area (Å²) in [5.41, 5.74) is 5.45. The van der Waals surface area contributed by atoms with Gasteiger partial charge in [-0.2, -0.15) is 0 Å². The fourth-order valence-electron chi connectivity index (χ4n) is 5.99. The van der Waals surface area contributed by atoms with Crippen LogP contribution in [-0.2, 0) is 30.7 Å². The molecular weight excluding hydrogens is 516 g/mol. The van der Waals surface area contributed by atoms with Crippen LogP contribution in [0.5, 0.6) is 0 Å². The van der Waals surface area contributed by atoms with E-state index < -0.39 is 35.0 Å². The summed E-state index contributed by atoms with van der Waals surface area (Å²) in [4.78, 5) is 31.4.